The number of benzene rings is 1. The molecule has 86 valence electrons. The average molecular weight is 247 g/mol. The molecular formula is C12H11ClN4. The molecule has 0 radical (unpaired) electrons. The molecule has 0 aliphatic rings. The second-order valence-corrected chi connectivity index (χ2v) is 3.83. The zero-order chi connectivity index (χ0) is 12.3. The first-order valence-corrected chi connectivity index (χ1v) is 5.35. The van der Waals surface area contributed by atoms with Gasteiger partial charge in [0.25, 0.3) is 0 Å². The number of hydrogen-bond donors (Lipinski definition) is 2. The van der Waals surface area contributed by atoms with E-state index in [4.69, 9.17) is 23.1 Å². The molecule has 0 aliphatic carbocycles. The van der Waals surface area contributed by atoms with E-state index in [0.717, 1.165) is 11.1 Å². The van der Waals surface area contributed by atoms with Crippen LogP contribution in [0.4, 0.5) is 5.82 Å². The molecule has 0 aliphatic heterocycles. The first-order valence-electron chi connectivity index (χ1n) is 4.97. The quantitative estimate of drug-likeness (QED) is 0.631. The van der Waals surface area contributed by atoms with E-state index in [9.17, 15) is 0 Å². The molecule has 2 rings (SSSR count). The van der Waals surface area contributed by atoms with Crippen LogP contribution in [-0.2, 0) is 0 Å². The standard InChI is InChI=1S/C12H11ClN4/c13-10-4-2-1-3-9(10)8-5-6-11(16-7-8)17-12(14)15/h1-7H,(H4,14,15,16,17). The molecule has 0 bridgehead atoms. The van der Waals surface area contributed by atoms with Crippen molar-refractivity contribution in [2.75, 3.05) is 0 Å². The number of halogens is 1. The molecule has 0 amide bonds. The lowest BCUT2D eigenvalue weighted by atomic mass is 10.1. The Bertz CT molecular complexity index is 545. The van der Waals surface area contributed by atoms with Crippen molar-refractivity contribution in [2.24, 2.45) is 16.5 Å². The Hall–Kier alpha value is -2.07. The van der Waals surface area contributed by atoms with Crippen LogP contribution in [0.15, 0.2) is 47.6 Å². The molecule has 0 spiro atoms. The van der Waals surface area contributed by atoms with Gasteiger partial charge in [0.05, 0.1) is 0 Å². The summed E-state index contributed by atoms with van der Waals surface area (Å²) >= 11 is 6.09. The zero-order valence-electron chi connectivity index (χ0n) is 8.97. The summed E-state index contributed by atoms with van der Waals surface area (Å²) in [5.74, 6) is 0.462. The number of guanidine groups is 1. The fraction of sp³-hybridized carbons (Fsp3) is 0. The maximum atomic E-state index is 6.09. The lowest BCUT2D eigenvalue weighted by Gasteiger charge is -2.03. The Morgan fingerprint density at radius 1 is 1.12 bits per heavy atom. The second kappa shape index (κ2) is 4.84. The van der Waals surface area contributed by atoms with E-state index >= 15 is 0 Å². The Labute approximate surface area is 104 Å². The predicted octanol–water partition coefficient (Wildman–Crippen LogP) is 2.31. The molecule has 1 heterocycles. The van der Waals surface area contributed by atoms with Gasteiger partial charge in [-0.05, 0) is 18.2 Å². The van der Waals surface area contributed by atoms with Gasteiger partial charge in [-0.1, -0.05) is 29.8 Å². The van der Waals surface area contributed by atoms with Gasteiger partial charge in [0.1, 0.15) is 0 Å². The summed E-state index contributed by atoms with van der Waals surface area (Å²) in [7, 11) is 0. The van der Waals surface area contributed by atoms with Gasteiger partial charge >= 0.3 is 0 Å². The van der Waals surface area contributed by atoms with Crippen LogP contribution < -0.4 is 11.5 Å². The van der Waals surface area contributed by atoms with Crippen molar-refractivity contribution >= 4 is 23.4 Å². The van der Waals surface area contributed by atoms with Crippen LogP contribution in [-0.4, -0.2) is 10.9 Å². The van der Waals surface area contributed by atoms with E-state index in [1.165, 1.54) is 0 Å². The Kier molecular flexibility index (Phi) is 3.25. The molecule has 17 heavy (non-hydrogen) atoms. The fourth-order valence-corrected chi connectivity index (χ4v) is 1.68. The molecular weight excluding hydrogens is 236 g/mol. The van der Waals surface area contributed by atoms with E-state index in [-0.39, 0.29) is 5.96 Å². The molecule has 5 heteroatoms. The molecule has 0 atom stereocenters. The summed E-state index contributed by atoms with van der Waals surface area (Å²) < 4.78 is 0. The van der Waals surface area contributed by atoms with Crippen molar-refractivity contribution < 1.29 is 0 Å². The monoisotopic (exact) mass is 246 g/mol. The normalized spacial score (nSPS) is 9.94. The number of aromatic nitrogens is 1. The minimum atomic E-state index is -0.0111. The highest BCUT2D eigenvalue weighted by Gasteiger charge is 2.02. The summed E-state index contributed by atoms with van der Waals surface area (Å²) in [5, 5.41) is 0.684. The molecule has 4 N–H and O–H groups in total. The third-order valence-electron chi connectivity index (χ3n) is 2.18. The van der Waals surface area contributed by atoms with Crippen LogP contribution in [0.5, 0.6) is 0 Å². The van der Waals surface area contributed by atoms with Gasteiger partial charge in [-0.25, -0.2) is 4.98 Å². The van der Waals surface area contributed by atoms with Gasteiger partial charge in [0, 0.05) is 22.3 Å². The summed E-state index contributed by atoms with van der Waals surface area (Å²) in [4.78, 5) is 7.97. The van der Waals surface area contributed by atoms with E-state index in [1.807, 2.05) is 30.3 Å². The molecule has 0 saturated heterocycles. The number of rotatable bonds is 2. The van der Waals surface area contributed by atoms with Crippen LogP contribution in [0.1, 0.15) is 0 Å². The Balaban J connectivity index is 2.36. The molecule has 0 saturated carbocycles. The minimum absolute atomic E-state index is 0.0111. The second-order valence-electron chi connectivity index (χ2n) is 3.42. The van der Waals surface area contributed by atoms with Crippen molar-refractivity contribution in [3.05, 3.63) is 47.6 Å². The van der Waals surface area contributed by atoms with Gasteiger partial charge in [-0.3, -0.25) is 0 Å². The third-order valence-corrected chi connectivity index (χ3v) is 2.51. The van der Waals surface area contributed by atoms with Gasteiger partial charge in [0.15, 0.2) is 11.8 Å². The summed E-state index contributed by atoms with van der Waals surface area (Å²) in [6, 6.07) is 11.2. The van der Waals surface area contributed by atoms with E-state index in [0.29, 0.717) is 10.8 Å². The largest absolute Gasteiger partial charge is 0.370 e. The van der Waals surface area contributed by atoms with E-state index < -0.39 is 0 Å². The Morgan fingerprint density at radius 2 is 1.88 bits per heavy atom. The number of aliphatic imine (C=N–C) groups is 1. The van der Waals surface area contributed by atoms with E-state index in [2.05, 4.69) is 9.98 Å². The van der Waals surface area contributed by atoms with Gasteiger partial charge < -0.3 is 11.5 Å². The maximum Gasteiger partial charge on any atom is 0.192 e. The summed E-state index contributed by atoms with van der Waals surface area (Å²) in [6.45, 7) is 0. The first kappa shape index (κ1) is 11.4. The molecule has 0 fully saturated rings. The smallest absolute Gasteiger partial charge is 0.192 e. The van der Waals surface area contributed by atoms with Crippen molar-refractivity contribution in [3.8, 4) is 11.1 Å². The van der Waals surface area contributed by atoms with Crippen molar-refractivity contribution in [2.45, 2.75) is 0 Å². The van der Waals surface area contributed by atoms with Crippen LogP contribution in [0.3, 0.4) is 0 Å². The van der Waals surface area contributed by atoms with Crippen LogP contribution in [0, 0.1) is 0 Å². The number of nitrogens with two attached hydrogens (primary N) is 2. The lowest BCUT2D eigenvalue weighted by Crippen LogP contribution is -2.22. The van der Waals surface area contributed by atoms with Crippen molar-refractivity contribution in [3.63, 3.8) is 0 Å². The SMILES string of the molecule is NC(N)=Nc1ccc(-c2ccccc2Cl)cn1. The van der Waals surface area contributed by atoms with Crippen LogP contribution in [0.2, 0.25) is 5.02 Å². The zero-order valence-corrected chi connectivity index (χ0v) is 9.72. The van der Waals surface area contributed by atoms with Gasteiger partial charge in [-0.2, -0.15) is 4.99 Å². The van der Waals surface area contributed by atoms with Crippen LogP contribution >= 0.6 is 11.6 Å². The molecule has 2 aromatic rings. The third kappa shape index (κ3) is 2.73. The highest BCUT2D eigenvalue weighted by atomic mass is 35.5. The van der Waals surface area contributed by atoms with Gasteiger partial charge in [0.2, 0.25) is 0 Å². The van der Waals surface area contributed by atoms with Crippen LogP contribution in [0.25, 0.3) is 11.1 Å². The van der Waals surface area contributed by atoms with Crippen molar-refractivity contribution in [1.29, 1.82) is 0 Å². The van der Waals surface area contributed by atoms with E-state index in [1.54, 1.807) is 12.3 Å². The molecule has 1 aromatic carbocycles. The highest BCUT2D eigenvalue weighted by Crippen LogP contribution is 2.27. The summed E-state index contributed by atoms with van der Waals surface area (Å²) in [6.07, 6.45) is 1.68. The number of hydrogen-bond acceptors (Lipinski definition) is 2. The maximum absolute atomic E-state index is 6.09. The first-order chi connectivity index (χ1) is 8.16. The number of pyridine rings is 1. The van der Waals surface area contributed by atoms with Crippen molar-refractivity contribution in [1.82, 2.24) is 4.98 Å². The number of nitrogens with zero attached hydrogens (tertiary/aromatic N) is 2. The average Bonchev–Trinajstić information content (AvgIpc) is 2.30. The van der Waals surface area contributed by atoms with Gasteiger partial charge in [-0.15, -0.1) is 0 Å². The summed E-state index contributed by atoms with van der Waals surface area (Å²) in [5.41, 5.74) is 12.4. The topological polar surface area (TPSA) is 77.3 Å². The minimum Gasteiger partial charge on any atom is -0.370 e. The molecule has 4 nitrogen and oxygen atoms in total. The fourth-order valence-electron chi connectivity index (χ4n) is 1.44. The lowest BCUT2D eigenvalue weighted by molar-refractivity contribution is 1.26. The molecule has 1 aromatic heterocycles. The highest BCUT2D eigenvalue weighted by molar-refractivity contribution is 6.33. The Morgan fingerprint density at radius 3 is 2.47 bits per heavy atom. The molecule has 0 unspecified atom stereocenters. The predicted molar refractivity (Wildman–Crippen MR) is 70.2 cm³/mol.